The molecule has 3 heteroatoms. The predicted molar refractivity (Wildman–Crippen MR) is 75.8 cm³/mol. The molecule has 1 N–H and O–H groups in total. The SMILES string of the molecule is CC(C)CN1CCC(NCC2CCOCC2)CC1. The molecular formula is C15H30N2O. The molecule has 106 valence electrons. The molecule has 2 heterocycles. The maximum atomic E-state index is 5.41. The smallest absolute Gasteiger partial charge is 0.0469 e. The number of nitrogens with zero attached hydrogens (tertiary/aromatic N) is 1. The highest BCUT2D eigenvalue weighted by Gasteiger charge is 2.21. The van der Waals surface area contributed by atoms with Gasteiger partial charge in [0, 0.05) is 25.8 Å². The van der Waals surface area contributed by atoms with E-state index >= 15 is 0 Å². The molecule has 0 radical (unpaired) electrons. The van der Waals surface area contributed by atoms with Gasteiger partial charge in [-0.1, -0.05) is 13.8 Å². The maximum Gasteiger partial charge on any atom is 0.0469 e. The van der Waals surface area contributed by atoms with Crippen molar-refractivity contribution in [3.63, 3.8) is 0 Å². The lowest BCUT2D eigenvalue weighted by Crippen LogP contribution is -2.45. The van der Waals surface area contributed by atoms with Gasteiger partial charge >= 0.3 is 0 Å². The Kier molecular flexibility index (Phi) is 5.93. The third-order valence-electron chi connectivity index (χ3n) is 4.25. The van der Waals surface area contributed by atoms with Gasteiger partial charge in [-0.15, -0.1) is 0 Å². The second-order valence-corrected chi connectivity index (χ2v) is 6.43. The number of ether oxygens (including phenoxy) is 1. The van der Waals surface area contributed by atoms with Gasteiger partial charge in [0.2, 0.25) is 0 Å². The standard InChI is InChI=1S/C15H30N2O/c1-13(2)12-17-7-3-15(4-8-17)16-11-14-5-9-18-10-6-14/h13-16H,3-12H2,1-2H3. The molecule has 2 rings (SSSR count). The fourth-order valence-electron chi connectivity index (χ4n) is 3.12. The lowest BCUT2D eigenvalue weighted by atomic mass is 9.98. The van der Waals surface area contributed by atoms with Gasteiger partial charge in [0.05, 0.1) is 0 Å². The molecular weight excluding hydrogens is 224 g/mol. The van der Waals surface area contributed by atoms with E-state index in [1.807, 2.05) is 0 Å². The van der Waals surface area contributed by atoms with E-state index in [1.54, 1.807) is 0 Å². The Bertz CT molecular complexity index is 219. The normalized spacial score (nSPS) is 24.8. The van der Waals surface area contributed by atoms with Crippen LogP contribution in [0.5, 0.6) is 0 Å². The first-order valence-electron chi connectivity index (χ1n) is 7.77. The van der Waals surface area contributed by atoms with Gasteiger partial charge < -0.3 is 15.0 Å². The molecule has 0 amide bonds. The maximum absolute atomic E-state index is 5.41. The van der Waals surface area contributed by atoms with E-state index in [1.165, 1.54) is 51.9 Å². The van der Waals surface area contributed by atoms with Gasteiger partial charge in [0.25, 0.3) is 0 Å². The highest BCUT2D eigenvalue weighted by molar-refractivity contribution is 4.79. The van der Waals surface area contributed by atoms with Gasteiger partial charge in [-0.05, 0) is 57.2 Å². The van der Waals surface area contributed by atoms with Crippen LogP contribution in [0.4, 0.5) is 0 Å². The second kappa shape index (κ2) is 7.46. The van der Waals surface area contributed by atoms with Crippen molar-refractivity contribution >= 4 is 0 Å². The molecule has 0 atom stereocenters. The fourth-order valence-corrected chi connectivity index (χ4v) is 3.12. The van der Waals surface area contributed by atoms with Gasteiger partial charge in [-0.25, -0.2) is 0 Å². The van der Waals surface area contributed by atoms with E-state index in [-0.39, 0.29) is 0 Å². The fraction of sp³-hybridized carbons (Fsp3) is 1.00. The van der Waals surface area contributed by atoms with E-state index in [2.05, 4.69) is 24.1 Å². The van der Waals surface area contributed by atoms with Gasteiger partial charge in [0.1, 0.15) is 0 Å². The minimum atomic E-state index is 0.760. The van der Waals surface area contributed by atoms with Crippen molar-refractivity contribution in [3.05, 3.63) is 0 Å². The highest BCUT2D eigenvalue weighted by Crippen LogP contribution is 2.16. The Balaban J connectivity index is 1.58. The summed E-state index contributed by atoms with van der Waals surface area (Å²) in [4.78, 5) is 2.62. The van der Waals surface area contributed by atoms with Crippen molar-refractivity contribution in [2.45, 2.75) is 45.6 Å². The van der Waals surface area contributed by atoms with Crippen LogP contribution in [0, 0.1) is 11.8 Å². The zero-order valence-electron chi connectivity index (χ0n) is 12.2. The van der Waals surface area contributed by atoms with Crippen LogP contribution < -0.4 is 5.32 Å². The monoisotopic (exact) mass is 254 g/mol. The summed E-state index contributed by atoms with van der Waals surface area (Å²) in [7, 11) is 0. The quantitative estimate of drug-likeness (QED) is 0.813. The van der Waals surface area contributed by atoms with E-state index in [9.17, 15) is 0 Å². The molecule has 0 aliphatic carbocycles. The zero-order valence-corrected chi connectivity index (χ0v) is 12.2. The van der Waals surface area contributed by atoms with E-state index in [0.717, 1.165) is 31.1 Å². The number of nitrogens with one attached hydrogen (secondary N) is 1. The van der Waals surface area contributed by atoms with Crippen molar-refractivity contribution in [1.82, 2.24) is 10.2 Å². The molecule has 3 nitrogen and oxygen atoms in total. The number of hydrogen-bond acceptors (Lipinski definition) is 3. The molecule has 0 spiro atoms. The Morgan fingerprint density at radius 2 is 1.78 bits per heavy atom. The number of rotatable bonds is 5. The van der Waals surface area contributed by atoms with E-state index in [0.29, 0.717) is 0 Å². The Morgan fingerprint density at radius 3 is 2.39 bits per heavy atom. The van der Waals surface area contributed by atoms with Gasteiger partial charge in [0.15, 0.2) is 0 Å². The number of piperidine rings is 1. The van der Waals surface area contributed by atoms with Crippen LogP contribution in [0.15, 0.2) is 0 Å². The molecule has 0 unspecified atom stereocenters. The van der Waals surface area contributed by atoms with Crippen molar-refractivity contribution in [3.8, 4) is 0 Å². The number of hydrogen-bond donors (Lipinski definition) is 1. The third-order valence-corrected chi connectivity index (χ3v) is 4.25. The van der Waals surface area contributed by atoms with Crippen LogP contribution in [-0.4, -0.2) is 50.3 Å². The molecule has 2 fully saturated rings. The second-order valence-electron chi connectivity index (χ2n) is 6.43. The summed E-state index contributed by atoms with van der Waals surface area (Å²) in [5.74, 6) is 1.66. The van der Waals surface area contributed by atoms with Crippen molar-refractivity contribution < 1.29 is 4.74 Å². The Hall–Kier alpha value is -0.120. The van der Waals surface area contributed by atoms with Gasteiger partial charge in [-0.3, -0.25) is 0 Å². The Morgan fingerprint density at radius 1 is 1.11 bits per heavy atom. The summed E-state index contributed by atoms with van der Waals surface area (Å²) >= 11 is 0. The summed E-state index contributed by atoms with van der Waals surface area (Å²) in [6.45, 7) is 11.6. The van der Waals surface area contributed by atoms with Crippen LogP contribution in [0.2, 0.25) is 0 Å². The average molecular weight is 254 g/mol. The molecule has 0 saturated carbocycles. The van der Waals surface area contributed by atoms with E-state index < -0.39 is 0 Å². The largest absolute Gasteiger partial charge is 0.381 e. The van der Waals surface area contributed by atoms with Gasteiger partial charge in [-0.2, -0.15) is 0 Å². The van der Waals surface area contributed by atoms with Crippen LogP contribution in [0.25, 0.3) is 0 Å². The molecule has 0 aromatic rings. The predicted octanol–water partition coefficient (Wildman–Crippen LogP) is 2.12. The molecule has 2 saturated heterocycles. The minimum Gasteiger partial charge on any atom is -0.381 e. The first-order chi connectivity index (χ1) is 8.74. The molecule has 2 aliphatic heterocycles. The summed E-state index contributed by atoms with van der Waals surface area (Å²) in [5, 5.41) is 3.78. The van der Waals surface area contributed by atoms with Crippen LogP contribution in [0.3, 0.4) is 0 Å². The van der Waals surface area contributed by atoms with Crippen LogP contribution in [0.1, 0.15) is 39.5 Å². The molecule has 2 aliphatic rings. The third kappa shape index (κ3) is 4.87. The number of likely N-dealkylation sites (tertiary alicyclic amines) is 1. The topological polar surface area (TPSA) is 24.5 Å². The van der Waals surface area contributed by atoms with Crippen LogP contribution >= 0.6 is 0 Å². The van der Waals surface area contributed by atoms with Crippen LogP contribution in [-0.2, 0) is 4.74 Å². The lowest BCUT2D eigenvalue weighted by Gasteiger charge is -2.34. The summed E-state index contributed by atoms with van der Waals surface area (Å²) < 4.78 is 5.41. The molecule has 18 heavy (non-hydrogen) atoms. The molecule has 0 aromatic carbocycles. The first kappa shape index (κ1) is 14.3. The zero-order chi connectivity index (χ0) is 12.8. The highest BCUT2D eigenvalue weighted by atomic mass is 16.5. The van der Waals surface area contributed by atoms with E-state index in [4.69, 9.17) is 4.74 Å². The van der Waals surface area contributed by atoms with Crippen molar-refractivity contribution in [1.29, 1.82) is 0 Å². The summed E-state index contributed by atoms with van der Waals surface area (Å²) in [6.07, 6.45) is 5.16. The summed E-state index contributed by atoms with van der Waals surface area (Å²) in [6, 6.07) is 0.760. The molecule has 0 bridgehead atoms. The first-order valence-corrected chi connectivity index (χ1v) is 7.77. The Labute approximate surface area is 112 Å². The van der Waals surface area contributed by atoms with Crippen molar-refractivity contribution in [2.24, 2.45) is 11.8 Å². The average Bonchev–Trinajstić information content (AvgIpc) is 2.38. The van der Waals surface area contributed by atoms with Crippen molar-refractivity contribution in [2.75, 3.05) is 39.4 Å². The molecule has 0 aromatic heterocycles. The minimum absolute atomic E-state index is 0.760. The summed E-state index contributed by atoms with van der Waals surface area (Å²) in [5.41, 5.74) is 0. The lowest BCUT2D eigenvalue weighted by molar-refractivity contribution is 0.0642.